The third-order valence-corrected chi connectivity index (χ3v) is 5.58. The highest BCUT2D eigenvalue weighted by Gasteiger charge is 2.21. The zero-order chi connectivity index (χ0) is 16.2. The van der Waals surface area contributed by atoms with Crippen LogP contribution in [-0.4, -0.2) is 24.0 Å². The number of carbonyl (C=O) groups is 1. The smallest absolute Gasteiger partial charge is 0.229 e. The summed E-state index contributed by atoms with van der Waals surface area (Å²) in [6, 6.07) is 6.04. The van der Waals surface area contributed by atoms with Crippen molar-refractivity contribution < 1.29 is 4.79 Å². The monoisotopic (exact) mass is 385 g/mol. The van der Waals surface area contributed by atoms with Crippen LogP contribution >= 0.6 is 35.3 Å². The maximum atomic E-state index is 12.2. The second-order valence-electron chi connectivity index (χ2n) is 5.87. The van der Waals surface area contributed by atoms with Gasteiger partial charge in [0, 0.05) is 28.4 Å². The standard InChI is InChI=1S/C17H20ClN3OS.ClH/c1-11-3-2-4-13(15(11)18)9-14-10-20-17(23-14)21-16(22)12-5-7-19-8-6-12;/h2-4,10,12,19H,5-9H2,1H3,(H,20,21,22);1H. The first-order valence-corrected chi connectivity index (χ1v) is 9.03. The Kier molecular flexibility index (Phi) is 7.04. The van der Waals surface area contributed by atoms with Crippen LogP contribution in [0.25, 0.3) is 0 Å². The normalized spacial score (nSPS) is 14.9. The van der Waals surface area contributed by atoms with Crippen molar-refractivity contribution in [1.82, 2.24) is 10.3 Å². The molecule has 0 spiro atoms. The highest BCUT2D eigenvalue weighted by molar-refractivity contribution is 7.15. The molecule has 0 bridgehead atoms. The molecule has 0 unspecified atom stereocenters. The van der Waals surface area contributed by atoms with Gasteiger partial charge in [0.1, 0.15) is 0 Å². The van der Waals surface area contributed by atoms with Crippen LogP contribution in [0.1, 0.15) is 28.8 Å². The Balaban J connectivity index is 0.00000208. The van der Waals surface area contributed by atoms with Crippen LogP contribution in [0.5, 0.6) is 0 Å². The second-order valence-corrected chi connectivity index (χ2v) is 7.36. The lowest BCUT2D eigenvalue weighted by molar-refractivity contribution is -0.120. The van der Waals surface area contributed by atoms with Gasteiger partial charge in [-0.15, -0.1) is 23.7 Å². The molecule has 1 aliphatic rings. The van der Waals surface area contributed by atoms with Crippen LogP contribution in [0.3, 0.4) is 0 Å². The Hall–Kier alpha value is -1.14. The number of anilines is 1. The van der Waals surface area contributed by atoms with E-state index in [9.17, 15) is 4.79 Å². The summed E-state index contributed by atoms with van der Waals surface area (Å²) < 4.78 is 0. The summed E-state index contributed by atoms with van der Waals surface area (Å²) in [5.41, 5.74) is 2.17. The Morgan fingerprint density at radius 1 is 1.42 bits per heavy atom. The molecule has 0 saturated carbocycles. The minimum atomic E-state index is 0. The summed E-state index contributed by atoms with van der Waals surface area (Å²) in [5, 5.41) is 7.70. The van der Waals surface area contributed by atoms with Crippen molar-refractivity contribution in [3.8, 4) is 0 Å². The first kappa shape index (κ1) is 19.2. The van der Waals surface area contributed by atoms with Crippen LogP contribution in [0.15, 0.2) is 24.4 Å². The molecule has 0 atom stereocenters. The topological polar surface area (TPSA) is 54.0 Å². The maximum absolute atomic E-state index is 12.2. The van der Waals surface area contributed by atoms with E-state index in [1.54, 1.807) is 0 Å². The third kappa shape index (κ3) is 4.70. The highest BCUT2D eigenvalue weighted by atomic mass is 35.5. The molecule has 3 rings (SSSR count). The molecule has 1 aliphatic heterocycles. The molecule has 1 amide bonds. The van der Waals surface area contributed by atoms with Crippen molar-refractivity contribution in [2.24, 2.45) is 5.92 Å². The van der Waals surface area contributed by atoms with Gasteiger partial charge in [0.25, 0.3) is 0 Å². The molecule has 24 heavy (non-hydrogen) atoms. The van der Waals surface area contributed by atoms with Gasteiger partial charge in [0.05, 0.1) is 0 Å². The summed E-state index contributed by atoms with van der Waals surface area (Å²) in [6.45, 7) is 3.82. The van der Waals surface area contributed by atoms with Crippen molar-refractivity contribution in [2.75, 3.05) is 18.4 Å². The minimum absolute atomic E-state index is 0. The number of aromatic nitrogens is 1. The average molecular weight is 386 g/mol. The zero-order valence-electron chi connectivity index (χ0n) is 13.5. The van der Waals surface area contributed by atoms with Crippen LogP contribution < -0.4 is 10.6 Å². The SMILES string of the molecule is Cc1cccc(Cc2cnc(NC(=O)C3CCNCC3)s2)c1Cl.Cl. The predicted molar refractivity (Wildman–Crippen MR) is 103 cm³/mol. The number of piperidine rings is 1. The molecule has 1 aromatic carbocycles. The molecule has 130 valence electrons. The third-order valence-electron chi connectivity index (χ3n) is 4.13. The molecule has 1 fully saturated rings. The predicted octanol–water partition coefficient (Wildman–Crippen LogP) is 4.06. The van der Waals surface area contributed by atoms with Crippen LogP contribution in [0.4, 0.5) is 5.13 Å². The lowest BCUT2D eigenvalue weighted by atomic mass is 9.97. The van der Waals surface area contributed by atoms with Gasteiger partial charge in [0.15, 0.2) is 5.13 Å². The molecule has 2 heterocycles. The Morgan fingerprint density at radius 3 is 2.92 bits per heavy atom. The lowest BCUT2D eigenvalue weighted by Crippen LogP contribution is -2.34. The molecule has 0 radical (unpaired) electrons. The molecule has 2 N–H and O–H groups in total. The number of halogens is 2. The van der Waals surface area contributed by atoms with Gasteiger partial charge in [-0.25, -0.2) is 4.98 Å². The fourth-order valence-electron chi connectivity index (χ4n) is 2.77. The summed E-state index contributed by atoms with van der Waals surface area (Å²) in [4.78, 5) is 17.7. The number of rotatable bonds is 4. The van der Waals surface area contributed by atoms with Crippen LogP contribution in [0.2, 0.25) is 5.02 Å². The minimum Gasteiger partial charge on any atom is -0.317 e. The van der Waals surface area contributed by atoms with E-state index in [1.807, 2.05) is 31.3 Å². The van der Waals surface area contributed by atoms with Gasteiger partial charge in [-0.05, 0) is 44.0 Å². The highest BCUT2D eigenvalue weighted by Crippen LogP contribution is 2.27. The second kappa shape index (κ2) is 8.81. The first-order valence-electron chi connectivity index (χ1n) is 7.84. The number of nitrogens with one attached hydrogen (secondary N) is 2. The largest absolute Gasteiger partial charge is 0.317 e. The summed E-state index contributed by atoms with van der Waals surface area (Å²) >= 11 is 7.86. The molecular formula is C17H21Cl2N3OS. The maximum Gasteiger partial charge on any atom is 0.229 e. The van der Waals surface area contributed by atoms with E-state index in [0.29, 0.717) is 5.13 Å². The average Bonchev–Trinajstić information content (AvgIpc) is 3.00. The van der Waals surface area contributed by atoms with Crippen LogP contribution in [0, 0.1) is 12.8 Å². The number of aryl methyl sites for hydroxylation is 1. The Labute approximate surface area is 157 Å². The van der Waals surface area contributed by atoms with Gasteiger partial charge >= 0.3 is 0 Å². The van der Waals surface area contributed by atoms with E-state index < -0.39 is 0 Å². The molecule has 1 saturated heterocycles. The summed E-state index contributed by atoms with van der Waals surface area (Å²) in [7, 11) is 0. The van der Waals surface area contributed by atoms with E-state index in [-0.39, 0.29) is 24.2 Å². The van der Waals surface area contributed by atoms with E-state index >= 15 is 0 Å². The van der Waals surface area contributed by atoms with Gasteiger partial charge in [-0.3, -0.25) is 4.79 Å². The van der Waals surface area contributed by atoms with Crippen molar-refractivity contribution in [3.05, 3.63) is 45.4 Å². The number of nitrogens with zero attached hydrogens (tertiary/aromatic N) is 1. The fraction of sp³-hybridized carbons (Fsp3) is 0.412. The number of amides is 1. The van der Waals surface area contributed by atoms with Gasteiger partial charge in [-0.1, -0.05) is 29.8 Å². The zero-order valence-corrected chi connectivity index (χ0v) is 15.9. The van der Waals surface area contributed by atoms with Crippen molar-refractivity contribution in [2.45, 2.75) is 26.2 Å². The van der Waals surface area contributed by atoms with Crippen molar-refractivity contribution in [3.63, 3.8) is 0 Å². The number of benzene rings is 1. The number of hydrogen-bond donors (Lipinski definition) is 2. The number of hydrogen-bond acceptors (Lipinski definition) is 4. The molecular weight excluding hydrogens is 365 g/mol. The van der Waals surface area contributed by atoms with Gasteiger partial charge in [-0.2, -0.15) is 0 Å². The Bertz CT molecular complexity index is 699. The molecule has 0 aliphatic carbocycles. The van der Waals surface area contributed by atoms with Crippen LogP contribution in [-0.2, 0) is 11.2 Å². The quantitative estimate of drug-likeness (QED) is 0.834. The van der Waals surface area contributed by atoms with E-state index in [2.05, 4.69) is 15.6 Å². The van der Waals surface area contributed by atoms with Crippen molar-refractivity contribution in [1.29, 1.82) is 0 Å². The molecule has 1 aromatic heterocycles. The van der Waals surface area contributed by atoms with E-state index in [0.717, 1.165) is 53.4 Å². The van der Waals surface area contributed by atoms with Crippen molar-refractivity contribution >= 4 is 46.4 Å². The number of carbonyl (C=O) groups excluding carboxylic acids is 1. The van der Waals surface area contributed by atoms with Gasteiger partial charge in [0.2, 0.25) is 5.91 Å². The van der Waals surface area contributed by atoms with E-state index in [4.69, 9.17) is 11.6 Å². The Morgan fingerprint density at radius 2 is 2.17 bits per heavy atom. The lowest BCUT2D eigenvalue weighted by Gasteiger charge is -2.20. The molecule has 7 heteroatoms. The summed E-state index contributed by atoms with van der Waals surface area (Å²) in [5.74, 6) is 0.177. The van der Waals surface area contributed by atoms with Gasteiger partial charge < -0.3 is 10.6 Å². The molecule has 4 nitrogen and oxygen atoms in total. The molecule has 2 aromatic rings. The number of thiazole rings is 1. The van der Waals surface area contributed by atoms with E-state index in [1.165, 1.54) is 11.3 Å². The summed E-state index contributed by atoms with van der Waals surface area (Å²) in [6.07, 6.45) is 4.34. The first-order chi connectivity index (χ1) is 11.1. The fourth-order valence-corrected chi connectivity index (χ4v) is 3.80.